The summed E-state index contributed by atoms with van der Waals surface area (Å²) < 4.78 is 18.0. The molecule has 0 bridgehead atoms. The molecule has 0 radical (unpaired) electrons. The van der Waals surface area contributed by atoms with E-state index in [1.807, 2.05) is 20.8 Å². The van der Waals surface area contributed by atoms with Crippen LogP contribution in [0, 0.1) is 9.39 Å². The number of carboxylic acid groups (broad SMARTS) is 1. The predicted molar refractivity (Wildman–Crippen MR) is 101 cm³/mol. The first-order valence-corrected chi connectivity index (χ1v) is 8.46. The molecular weight excluding hydrogens is 452 g/mol. The Bertz CT molecular complexity index is 597. The van der Waals surface area contributed by atoms with Gasteiger partial charge in [-0.2, -0.15) is 0 Å². The molecule has 0 atom stereocenters. The number of anilines is 1. The summed E-state index contributed by atoms with van der Waals surface area (Å²) in [6.07, 6.45) is -1.12. The van der Waals surface area contributed by atoms with Crippen molar-refractivity contribution < 1.29 is 23.8 Å². The molecule has 136 valence electrons. The summed E-state index contributed by atoms with van der Waals surface area (Å²) in [5.41, 5.74) is -0.685. The summed E-state index contributed by atoms with van der Waals surface area (Å²) >= 11 is 7.74. The fraction of sp³-hybridized carbons (Fsp3) is 0.500. The Morgan fingerprint density at radius 3 is 2.08 bits per heavy atom. The van der Waals surface area contributed by atoms with Crippen LogP contribution in [-0.4, -0.2) is 28.8 Å². The molecule has 0 saturated carbocycles. The molecule has 1 aromatic carbocycles. The van der Waals surface area contributed by atoms with Crippen LogP contribution in [0.1, 0.15) is 41.5 Å². The Kier molecular flexibility index (Phi) is 8.44. The first-order chi connectivity index (χ1) is 10.7. The van der Waals surface area contributed by atoms with Crippen molar-refractivity contribution in [2.75, 3.05) is 4.90 Å². The second-order valence-corrected chi connectivity index (χ2v) is 8.27. The molecule has 1 aromatic rings. The topological polar surface area (TPSA) is 66.8 Å². The van der Waals surface area contributed by atoms with E-state index in [0.717, 1.165) is 4.90 Å². The van der Waals surface area contributed by atoms with E-state index in [1.165, 1.54) is 12.1 Å². The normalized spacial score (nSPS) is 11.2. The molecule has 8 heteroatoms. The van der Waals surface area contributed by atoms with Crippen LogP contribution in [-0.2, 0) is 9.53 Å². The van der Waals surface area contributed by atoms with Gasteiger partial charge in [-0.15, -0.1) is 0 Å². The first kappa shape index (κ1) is 22.9. The average molecular weight is 474 g/mol. The SMILES string of the molecule is CC(C)(C)N(C(=O)O)c1ccc(F)c(I)c1Cl.CC(C)(C)OC=O. The van der Waals surface area contributed by atoms with E-state index < -0.39 is 17.4 Å². The zero-order valence-corrected chi connectivity index (χ0v) is 17.4. The molecule has 0 heterocycles. The summed E-state index contributed by atoms with van der Waals surface area (Å²) in [4.78, 5) is 22.0. The minimum absolute atomic E-state index is 0.114. The van der Waals surface area contributed by atoms with E-state index in [9.17, 15) is 19.1 Å². The number of hydrogen-bond donors (Lipinski definition) is 1. The van der Waals surface area contributed by atoms with Crippen LogP contribution in [0.5, 0.6) is 0 Å². The van der Waals surface area contributed by atoms with Crippen molar-refractivity contribution in [2.45, 2.75) is 52.7 Å². The van der Waals surface area contributed by atoms with E-state index in [4.69, 9.17) is 11.6 Å². The van der Waals surface area contributed by atoms with Crippen LogP contribution < -0.4 is 4.90 Å². The van der Waals surface area contributed by atoms with E-state index in [1.54, 1.807) is 43.4 Å². The van der Waals surface area contributed by atoms with Crippen LogP contribution in [0.2, 0.25) is 5.02 Å². The maximum Gasteiger partial charge on any atom is 0.412 e. The van der Waals surface area contributed by atoms with E-state index in [0.29, 0.717) is 6.47 Å². The molecule has 0 saturated heterocycles. The lowest BCUT2D eigenvalue weighted by Gasteiger charge is -2.33. The summed E-state index contributed by atoms with van der Waals surface area (Å²) in [5, 5.41) is 9.33. The molecule has 0 aliphatic carbocycles. The van der Waals surface area contributed by atoms with Gasteiger partial charge in [-0.25, -0.2) is 9.18 Å². The van der Waals surface area contributed by atoms with Crippen LogP contribution in [0.3, 0.4) is 0 Å². The predicted octanol–water partition coefficient (Wildman–Crippen LogP) is 5.32. The van der Waals surface area contributed by atoms with Gasteiger partial charge in [0.1, 0.15) is 11.4 Å². The van der Waals surface area contributed by atoms with Gasteiger partial charge in [0.2, 0.25) is 0 Å². The maximum atomic E-state index is 13.3. The highest BCUT2D eigenvalue weighted by molar-refractivity contribution is 14.1. The molecule has 5 nitrogen and oxygen atoms in total. The van der Waals surface area contributed by atoms with Gasteiger partial charge in [0.15, 0.2) is 0 Å². The van der Waals surface area contributed by atoms with E-state index >= 15 is 0 Å². The maximum absolute atomic E-state index is 13.3. The molecular formula is C16H22ClFINO4. The molecule has 0 aliphatic heterocycles. The van der Waals surface area contributed by atoms with Crippen molar-refractivity contribution in [3.8, 4) is 0 Å². The molecule has 0 spiro atoms. The zero-order chi connectivity index (χ0) is 19.3. The summed E-state index contributed by atoms with van der Waals surface area (Å²) in [5.74, 6) is -0.460. The van der Waals surface area contributed by atoms with Crippen molar-refractivity contribution in [1.29, 1.82) is 0 Å². The third-order valence-electron chi connectivity index (χ3n) is 2.52. The lowest BCUT2D eigenvalue weighted by Crippen LogP contribution is -2.45. The van der Waals surface area contributed by atoms with Crippen molar-refractivity contribution in [3.63, 3.8) is 0 Å². The molecule has 1 rings (SSSR count). The highest BCUT2D eigenvalue weighted by Gasteiger charge is 2.30. The van der Waals surface area contributed by atoms with Crippen molar-refractivity contribution in [2.24, 2.45) is 0 Å². The lowest BCUT2D eigenvalue weighted by molar-refractivity contribution is -0.138. The Balaban J connectivity index is 0.000000640. The minimum atomic E-state index is -1.12. The zero-order valence-electron chi connectivity index (χ0n) is 14.5. The third-order valence-corrected chi connectivity index (χ3v) is 4.28. The fourth-order valence-electron chi connectivity index (χ4n) is 1.58. The quantitative estimate of drug-likeness (QED) is 0.358. The average Bonchev–Trinajstić information content (AvgIpc) is 2.36. The number of rotatable bonds is 2. The summed E-state index contributed by atoms with van der Waals surface area (Å²) in [6, 6.07) is 2.59. The van der Waals surface area contributed by atoms with Gasteiger partial charge in [-0.3, -0.25) is 9.69 Å². The van der Waals surface area contributed by atoms with Crippen molar-refractivity contribution in [1.82, 2.24) is 0 Å². The number of hydrogen-bond acceptors (Lipinski definition) is 3. The monoisotopic (exact) mass is 473 g/mol. The van der Waals surface area contributed by atoms with Crippen molar-refractivity contribution >= 4 is 52.4 Å². The number of benzene rings is 1. The first-order valence-electron chi connectivity index (χ1n) is 7.00. The number of carbonyl (C=O) groups is 2. The Hall–Kier alpha value is -1.09. The van der Waals surface area contributed by atoms with Crippen LogP contribution in [0.4, 0.5) is 14.9 Å². The summed E-state index contributed by atoms with van der Waals surface area (Å²) in [7, 11) is 0. The number of carbonyl (C=O) groups excluding carboxylic acids is 1. The molecule has 24 heavy (non-hydrogen) atoms. The van der Waals surface area contributed by atoms with Gasteiger partial charge in [-0.1, -0.05) is 11.6 Å². The lowest BCUT2D eigenvalue weighted by atomic mass is 10.1. The number of halogens is 3. The highest BCUT2D eigenvalue weighted by Crippen LogP contribution is 2.35. The Morgan fingerprint density at radius 1 is 1.29 bits per heavy atom. The Morgan fingerprint density at radius 2 is 1.79 bits per heavy atom. The fourth-order valence-corrected chi connectivity index (χ4v) is 2.28. The van der Waals surface area contributed by atoms with Crippen LogP contribution in [0.15, 0.2) is 12.1 Å². The second-order valence-electron chi connectivity index (χ2n) is 6.81. The number of amides is 1. The van der Waals surface area contributed by atoms with E-state index in [-0.39, 0.29) is 19.9 Å². The third kappa shape index (κ3) is 7.21. The minimum Gasteiger partial charge on any atom is -0.465 e. The van der Waals surface area contributed by atoms with Gasteiger partial charge < -0.3 is 9.84 Å². The highest BCUT2D eigenvalue weighted by atomic mass is 127. The van der Waals surface area contributed by atoms with Gasteiger partial charge in [0, 0.05) is 5.54 Å². The molecule has 0 unspecified atom stereocenters. The van der Waals surface area contributed by atoms with E-state index in [2.05, 4.69) is 4.74 Å². The largest absolute Gasteiger partial charge is 0.465 e. The molecule has 0 fully saturated rings. The van der Waals surface area contributed by atoms with Gasteiger partial charge in [0.25, 0.3) is 6.47 Å². The van der Waals surface area contributed by atoms with Gasteiger partial charge >= 0.3 is 6.09 Å². The van der Waals surface area contributed by atoms with Gasteiger partial charge in [0.05, 0.1) is 14.3 Å². The second kappa shape index (κ2) is 8.84. The van der Waals surface area contributed by atoms with Crippen LogP contribution in [0.25, 0.3) is 0 Å². The standard InChI is InChI=1S/C11H12ClFINO2.C5H10O2/c1-11(2,3)15(10(16)17)7-5-4-6(13)9(14)8(7)12;1-5(2,3)7-4-6/h4-5H,1-3H3,(H,16,17);4H,1-3H3. The smallest absolute Gasteiger partial charge is 0.412 e. The van der Waals surface area contributed by atoms with Gasteiger partial charge in [-0.05, 0) is 76.3 Å². The molecule has 1 amide bonds. The number of nitrogens with zero attached hydrogens (tertiary/aromatic N) is 1. The van der Waals surface area contributed by atoms with Crippen molar-refractivity contribution in [3.05, 3.63) is 26.5 Å². The Labute approximate surface area is 160 Å². The molecule has 1 N–H and O–H groups in total. The number of ether oxygens (including phenoxy) is 1. The molecule has 0 aliphatic rings. The van der Waals surface area contributed by atoms with Crippen LogP contribution >= 0.6 is 34.2 Å². The molecule has 0 aromatic heterocycles. The summed E-state index contributed by atoms with van der Waals surface area (Å²) in [6.45, 7) is 11.2.